The van der Waals surface area contributed by atoms with Gasteiger partial charge in [0.1, 0.15) is 5.82 Å². The molecular formula is C27H22FN3O2. The number of fused-ring (bicyclic) bond motifs is 1. The van der Waals surface area contributed by atoms with Gasteiger partial charge in [-0.25, -0.2) is 9.37 Å². The number of para-hydroxylation sites is 1. The van der Waals surface area contributed by atoms with Gasteiger partial charge in [-0.3, -0.25) is 9.59 Å². The molecule has 4 aromatic rings. The highest BCUT2D eigenvalue weighted by molar-refractivity contribution is 6.13. The number of likely N-dealkylation sites (tertiary alicyclic amines) is 1. The maximum atomic E-state index is 13.4. The Bertz CT molecular complexity index is 1330. The third kappa shape index (κ3) is 4.32. The quantitative estimate of drug-likeness (QED) is 0.455. The first-order valence-electron chi connectivity index (χ1n) is 10.9. The molecule has 3 aromatic carbocycles. The molecule has 5 nitrogen and oxygen atoms in total. The summed E-state index contributed by atoms with van der Waals surface area (Å²) in [6.45, 7) is 1.59. The molecule has 1 aromatic heterocycles. The fraction of sp³-hybridized carbons (Fsp3) is 0.148. The molecule has 2 heterocycles. The molecule has 2 amide bonds. The van der Waals surface area contributed by atoms with E-state index >= 15 is 0 Å². The number of hydrogen-bond acceptors (Lipinski definition) is 3. The average molecular weight is 439 g/mol. The van der Waals surface area contributed by atoms with Crippen molar-refractivity contribution in [3.05, 3.63) is 95.8 Å². The fourth-order valence-electron chi connectivity index (χ4n) is 4.13. The Balaban J connectivity index is 1.43. The van der Waals surface area contributed by atoms with Crippen LogP contribution in [0.2, 0.25) is 0 Å². The molecule has 0 saturated carbocycles. The van der Waals surface area contributed by atoms with Gasteiger partial charge in [0.25, 0.3) is 11.8 Å². The number of pyridine rings is 1. The lowest BCUT2D eigenvalue weighted by Crippen LogP contribution is -2.27. The summed E-state index contributed by atoms with van der Waals surface area (Å²) in [6, 6.07) is 22.1. The van der Waals surface area contributed by atoms with Crippen LogP contribution in [0.25, 0.3) is 22.2 Å². The standard InChI is InChI=1S/C27H22FN3O2/c28-20-11-7-18(8-12-20)25-17-23(22-5-1-2-6-24(22)30-25)26(32)29-21-13-9-19(10-14-21)27(33)31-15-3-4-16-31/h1-2,5-14,17H,3-4,15-16H2,(H,29,32). The van der Waals surface area contributed by atoms with E-state index in [-0.39, 0.29) is 17.6 Å². The van der Waals surface area contributed by atoms with Gasteiger partial charge < -0.3 is 10.2 Å². The number of anilines is 1. The number of amides is 2. The molecule has 0 radical (unpaired) electrons. The van der Waals surface area contributed by atoms with Gasteiger partial charge in [0.2, 0.25) is 0 Å². The predicted octanol–water partition coefficient (Wildman–Crippen LogP) is 5.53. The van der Waals surface area contributed by atoms with Gasteiger partial charge in [-0.1, -0.05) is 18.2 Å². The van der Waals surface area contributed by atoms with Crippen molar-refractivity contribution in [2.45, 2.75) is 12.8 Å². The third-order valence-corrected chi connectivity index (χ3v) is 5.88. The molecule has 164 valence electrons. The van der Waals surface area contributed by atoms with Crippen molar-refractivity contribution in [3.63, 3.8) is 0 Å². The van der Waals surface area contributed by atoms with E-state index in [4.69, 9.17) is 0 Å². The van der Waals surface area contributed by atoms with Crippen LogP contribution in [0, 0.1) is 5.82 Å². The number of hydrogen-bond donors (Lipinski definition) is 1. The van der Waals surface area contributed by atoms with Gasteiger partial charge in [-0.15, -0.1) is 0 Å². The molecule has 5 rings (SSSR count). The number of aromatic nitrogens is 1. The van der Waals surface area contributed by atoms with Gasteiger partial charge in [0.15, 0.2) is 0 Å². The van der Waals surface area contributed by atoms with Crippen molar-refractivity contribution in [1.82, 2.24) is 9.88 Å². The first-order chi connectivity index (χ1) is 16.1. The molecule has 33 heavy (non-hydrogen) atoms. The van der Waals surface area contributed by atoms with E-state index in [1.54, 1.807) is 42.5 Å². The van der Waals surface area contributed by atoms with Gasteiger partial charge in [0.05, 0.1) is 16.8 Å². The number of carbonyl (C=O) groups is 2. The summed E-state index contributed by atoms with van der Waals surface area (Å²) in [5.74, 6) is -0.589. The highest BCUT2D eigenvalue weighted by Crippen LogP contribution is 2.26. The second-order valence-electron chi connectivity index (χ2n) is 8.11. The minimum Gasteiger partial charge on any atom is -0.339 e. The van der Waals surface area contributed by atoms with E-state index in [1.165, 1.54) is 12.1 Å². The first-order valence-corrected chi connectivity index (χ1v) is 10.9. The van der Waals surface area contributed by atoms with E-state index in [1.807, 2.05) is 29.2 Å². The Morgan fingerprint density at radius 2 is 1.58 bits per heavy atom. The highest BCUT2D eigenvalue weighted by Gasteiger charge is 2.19. The van der Waals surface area contributed by atoms with Gasteiger partial charge in [-0.2, -0.15) is 0 Å². The lowest BCUT2D eigenvalue weighted by atomic mass is 10.0. The van der Waals surface area contributed by atoms with E-state index in [2.05, 4.69) is 10.3 Å². The molecule has 0 spiro atoms. The minimum absolute atomic E-state index is 0.0226. The van der Waals surface area contributed by atoms with Gasteiger partial charge in [-0.05, 0) is 73.5 Å². The Hall–Kier alpha value is -4.06. The van der Waals surface area contributed by atoms with Crippen LogP contribution >= 0.6 is 0 Å². The highest BCUT2D eigenvalue weighted by atomic mass is 19.1. The van der Waals surface area contributed by atoms with Crippen LogP contribution in [0.3, 0.4) is 0 Å². The lowest BCUT2D eigenvalue weighted by Gasteiger charge is -2.15. The van der Waals surface area contributed by atoms with Crippen molar-refractivity contribution < 1.29 is 14.0 Å². The molecule has 1 aliphatic rings. The molecule has 1 aliphatic heterocycles. The zero-order chi connectivity index (χ0) is 22.8. The normalized spacial score (nSPS) is 13.3. The molecular weight excluding hydrogens is 417 g/mol. The van der Waals surface area contributed by atoms with Crippen molar-refractivity contribution in [1.29, 1.82) is 0 Å². The van der Waals surface area contributed by atoms with E-state index in [9.17, 15) is 14.0 Å². The molecule has 0 unspecified atom stereocenters. The van der Waals surface area contributed by atoms with Crippen molar-refractivity contribution in [2.75, 3.05) is 18.4 Å². The second-order valence-corrected chi connectivity index (χ2v) is 8.11. The summed E-state index contributed by atoms with van der Waals surface area (Å²) < 4.78 is 13.4. The predicted molar refractivity (Wildman–Crippen MR) is 127 cm³/mol. The topological polar surface area (TPSA) is 62.3 Å². The van der Waals surface area contributed by atoms with Gasteiger partial charge in [0, 0.05) is 35.3 Å². The summed E-state index contributed by atoms with van der Waals surface area (Å²) >= 11 is 0. The number of carbonyl (C=O) groups excluding carboxylic acids is 2. The average Bonchev–Trinajstić information content (AvgIpc) is 3.39. The number of nitrogens with one attached hydrogen (secondary N) is 1. The first kappa shape index (κ1) is 20.8. The molecule has 1 fully saturated rings. The van der Waals surface area contributed by atoms with Crippen molar-refractivity contribution in [2.24, 2.45) is 0 Å². The van der Waals surface area contributed by atoms with Gasteiger partial charge >= 0.3 is 0 Å². The summed E-state index contributed by atoms with van der Waals surface area (Å²) in [5.41, 5.74) is 3.67. The fourth-order valence-corrected chi connectivity index (χ4v) is 4.13. The lowest BCUT2D eigenvalue weighted by molar-refractivity contribution is 0.0792. The Morgan fingerprint density at radius 3 is 2.30 bits per heavy atom. The minimum atomic E-state index is -0.329. The van der Waals surface area contributed by atoms with E-state index in [0.29, 0.717) is 28.0 Å². The zero-order valence-electron chi connectivity index (χ0n) is 17.9. The van der Waals surface area contributed by atoms with E-state index in [0.717, 1.165) is 36.9 Å². The Labute approximate surface area is 190 Å². The van der Waals surface area contributed by atoms with Crippen LogP contribution in [-0.2, 0) is 0 Å². The Kier molecular flexibility index (Phi) is 5.57. The van der Waals surface area contributed by atoms with Crippen LogP contribution in [-0.4, -0.2) is 34.8 Å². The maximum absolute atomic E-state index is 13.4. The maximum Gasteiger partial charge on any atom is 0.256 e. The smallest absolute Gasteiger partial charge is 0.256 e. The van der Waals surface area contributed by atoms with E-state index < -0.39 is 0 Å². The van der Waals surface area contributed by atoms with Crippen LogP contribution in [0.1, 0.15) is 33.6 Å². The SMILES string of the molecule is O=C(Nc1ccc(C(=O)N2CCCC2)cc1)c1cc(-c2ccc(F)cc2)nc2ccccc12. The zero-order valence-corrected chi connectivity index (χ0v) is 17.9. The summed E-state index contributed by atoms with van der Waals surface area (Å²) in [5, 5.41) is 3.65. The second kappa shape index (κ2) is 8.82. The molecule has 6 heteroatoms. The largest absolute Gasteiger partial charge is 0.339 e. The monoisotopic (exact) mass is 439 g/mol. The van der Waals surface area contributed by atoms with Crippen molar-refractivity contribution >= 4 is 28.4 Å². The molecule has 1 saturated heterocycles. The van der Waals surface area contributed by atoms with Crippen LogP contribution in [0.15, 0.2) is 78.9 Å². The number of halogens is 1. The number of nitrogens with zero attached hydrogens (tertiary/aromatic N) is 2. The number of rotatable bonds is 4. The number of benzene rings is 3. The van der Waals surface area contributed by atoms with Crippen LogP contribution in [0.4, 0.5) is 10.1 Å². The molecule has 0 aliphatic carbocycles. The molecule has 0 bridgehead atoms. The molecule has 0 atom stereocenters. The van der Waals surface area contributed by atoms with Crippen LogP contribution < -0.4 is 5.32 Å². The summed E-state index contributed by atoms with van der Waals surface area (Å²) in [7, 11) is 0. The molecule has 1 N–H and O–H groups in total. The Morgan fingerprint density at radius 1 is 0.879 bits per heavy atom. The summed E-state index contributed by atoms with van der Waals surface area (Å²) in [4.78, 5) is 32.3. The van der Waals surface area contributed by atoms with Crippen LogP contribution in [0.5, 0.6) is 0 Å². The van der Waals surface area contributed by atoms with Crippen molar-refractivity contribution in [3.8, 4) is 11.3 Å². The summed E-state index contributed by atoms with van der Waals surface area (Å²) in [6.07, 6.45) is 2.08. The third-order valence-electron chi connectivity index (χ3n) is 5.88.